The third-order valence-corrected chi connectivity index (χ3v) is 3.37. The van der Waals surface area contributed by atoms with Gasteiger partial charge in [-0.3, -0.25) is 0 Å². The first kappa shape index (κ1) is 9.96. The van der Waals surface area contributed by atoms with Crippen molar-refractivity contribution in [3.8, 4) is 0 Å². The molecule has 0 saturated heterocycles. The molecule has 1 heterocycles. The van der Waals surface area contributed by atoms with Crippen molar-refractivity contribution in [2.45, 2.75) is 30.7 Å². The molecule has 1 fully saturated rings. The van der Waals surface area contributed by atoms with Crippen LogP contribution in [-0.2, 0) is 6.18 Å². The molecule has 86 valence electrons. The zero-order chi connectivity index (χ0) is 11.6. The molecule has 1 aliphatic carbocycles. The largest absolute Gasteiger partial charge is 0.416 e. The van der Waals surface area contributed by atoms with Crippen LogP contribution in [0.3, 0.4) is 0 Å². The minimum absolute atomic E-state index is 0.368. The van der Waals surface area contributed by atoms with Gasteiger partial charge in [-0.2, -0.15) is 13.2 Å². The summed E-state index contributed by atoms with van der Waals surface area (Å²) in [6.07, 6.45) is -3.55. The molecule has 3 rings (SSSR count). The molecule has 1 aromatic rings. The lowest BCUT2D eigenvalue weighted by molar-refractivity contribution is -0.137. The molecule has 1 aliphatic heterocycles. The maximum absolute atomic E-state index is 12.5. The molecule has 1 unspecified atom stereocenters. The van der Waals surface area contributed by atoms with Gasteiger partial charge in [0.05, 0.1) is 11.1 Å². The molecule has 2 nitrogen and oxygen atoms in total. The molecular formula is C11H10F3NO. The molecular weight excluding hydrogens is 219 g/mol. The predicted octanol–water partition coefficient (Wildman–Crippen LogP) is 2.70. The van der Waals surface area contributed by atoms with Crippen LogP contribution in [-0.4, -0.2) is 10.6 Å². The van der Waals surface area contributed by atoms with Crippen molar-refractivity contribution in [1.82, 2.24) is 0 Å². The van der Waals surface area contributed by atoms with E-state index in [1.54, 1.807) is 0 Å². The van der Waals surface area contributed by atoms with Crippen LogP contribution in [0.15, 0.2) is 18.2 Å². The number of hydrogen-bond acceptors (Lipinski definition) is 2. The normalized spacial score (nSPS) is 25.4. The van der Waals surface area contributed by atoms with Crippen LogP contribution >= 0.6 is 0 Å². The van der Waals surface area contributed by atoms with Crippen molar-refractivity contribution < 1.29 is 18.3 Å². The number of aliphatic hydroxyl groups is 1. The molecule has 1 spiro atoms. The zero-order valence-corrected chi connectivity index (χ0v) is 8.30. The quantitative estimate of drug-likeness (QED) is 0.716. The van der Waals surface area contributed by atoms with Gasteiger partial charge >= 0.3 is 6.18 Å². The summed E-state index contributed by atoms with van der Waals surface area (Å²) in [5.41, 5.74) is -0.0952. The Morgan fingerprint density at radius 2 is 2.00 bits per heavy atom. The Hall–Kier alpha value is -1.23. The monoisotopic (exact) mass is 229 g/mol. The third kappa shape index (κ3) is 1.24. The molecule has 0 aromatic heterocycles. The fraction of sp³-hybridized carbons (Fsp3) is 0.455. The third-order valence-electron chi connectivity index (χ3n) is 3.37. The maximum Gasteiger partial charge on any atom is 0.416 e. The van der Waals surface area contributed by atoms with Crippen LogP contribution in [0.4, 0.5) is 18.9 Å². The van der Waals surface area contributed by atoms with E-state index in [1.807, 2.05) is 0 Å². The van der Waals surface area contributed by atoms with E-state index in [-0.39, 0.29) is 5.54 Å². The highest BCUT2D eigenvalue weighted by Gasteiger charge is 2.54. The van der Waals surface area contributed by atoms with Gasteiger partial charge in [0.25, 0.3) is 0 Å². The summed E-state index contributed by atoms with van der Waals surface area (Å²) >= 11 is 0. The van der Waals surface area contributed by atoms with Crippen LogP contribution in [0.2, 0.25) is 0 Å². The molecule has 1 atom stereocenters. The van der Waals surface area contributed by atoms with Crippen molar-refractivity contribution >= 4 is 5.69 Å². The fourth-order valence-electron chi connectivity index (χ4n) is 2.25. The van der Waals surface area contributed by atoms with E-state index in [9.17, 15) is 18.3 Å². The summed E-state index contributed by atoms with van der Waals surface area (Å²) in [6, 6.07) is 3.48. The molecule has 2 N–H and O–H groups in total. The van der Waals surface area contributed by atoms with Crippen LogP contribution in [0.25, 0.3) is 0 Å². The van der Waals surface area contributed by atoms with E-state index in [1.165, 1.54) is 6.07 Å². The first-order valence-electron chi connectivity index (χ1n) is 5.10. The van der Waals surface area contributed by atoms with Gasteiger partial charge in [-0.15, -0.1) is 0 Å². The first-order valence-corrected chi connectivity index (χ1v) is 5.10. The fourth-order valence-corrected chi connectivity index (χ4v) is 2.25. The van der Waals surface area contributed by atoms with Crippen molar-refractivity contribution in [2.75, 3.05) is 5.32 Å². The van der Waals surface area contributed by atoms with Gasteiger partial charge in [0.15, 0.2) is 0 Å². The molecule has 1 aromatic carbocycles. The van der Waals surface area contributed by atoms with Crippen LogP contribution in [0, 0.1) is 0 Å². The average Bonchev–Trinajstić information content (AvgIpc) is 2.90. The van der Waals surface area contributed by atoms with Gasteiger partial charge in [-0.1, -0.05) is 0 Å². The lowest BCUT2D eigenvalue weighted by Crippen LogP contribution is -2.21. The summed E-state index contributed by atoms with van der Waals surface area (Å²) in [7, 11) is 0. The van der Waals surface area contributed by atoms with Gasteiger partial charge in [0.2, 0.25) is 0 Å². The standard InChI is InChI=1S/C11H10F3NO/c12-11(13,14)6-1-2-8-7(5-6)9(16)10(15-8)3-4-10/h1-2,5,9,15-16H,3-4H2. The lowest BCUT2D eigenvalue weighted by atomic mass is 10.0. The molecule has 16 heavy (non-hydrogen) atoms. The Bertz CT molecular complexity index is 451. The Morgan fingerprint density at radius 1 is 1.31 bits per heavy atom. The number of anilines is 1. The Labute approximate surface area is 90.1 Å². The van der Waals surface area contributed by atoms with Gasteiger partial charge in [-0.05, 0) is 31.0 Å². The molecule has 2 aliphatic rings. The smallest absolute Gasteiger partial charge is 0.386 e. The maximum atomic E-state index is 12.5. The highest BCUT2D eigenvalue weighted by Crippen LogP contribution is 2.55. The number of nitrogens with one attached hydrogen (secondary N) is 1. The Morgan fingerprint density at radius 3 is 2.56 bits per heavy atom. The minimum Gasteiger partial charge on any atom is -0.386 e. The molecule has 0 radical (unpaired) electrons. The first-order chi connectivity index (χ1) is 7.42. The van der Waals surface area contributed by atoms with Crippen LogP contribution in [0.5, 0.6) is 0 Å². The number of alkyl halides is 3. The van der Waals surface area contributed by atoms with Crippen LogP contribution < -0.4 is 5.32 Å². The van der Waals surface area contributed by atoms with Gasteiger partial charge in [-0.25, -0.2) is 0 Å². The highest BCUT2D eigenvalue weighted by molar-refractivity contribution is 5.63. The van der Waals surface area contributed by atoms with Crippen molar-refractivity contribution in [3.63, 3.8) is 0 Å². The van der Waals surface area contributed by atoms with Crippen LogP contribution in [0.1, 0.15) is 30.1 Å². The molecule has 1 saturated carbocycles. The van der Waals surface area contributed by atoms with Crippen molar-refractivity contribution in [3.05, 3.63) is 29.3 Å². The summed E-state index contributed by atoms with van der Waals surface area (Å²) in [6.45, 7) is 0. The van der Waals surface area contributed by atoms with Gasteiger partial charge in [0.1, 0.15) is 6.10 Å². The Balaban J connectivity index is 2.05. The van der Waals surface area contributed by atoms with Crippen molar-refractivity contribution in [1.29, 1.82) is 0 Å². The van der Waals surface area contributed by atoms with Gasteiger partial charge < -0.3 is 10.4 Å². The van der Waals surface area contributed by atoms with E-state index in [2.05, 4.69) is 5.32 Å². The topological polar surface area (TPSA) is 32.3 Å². The predicted molar refractivity (Wildman–Crippen MR) is 52.0 cm³/mol. The second-order valence-corrected chi connectivity index (χ2v) is 4.48. The van der Waals surface area contributed by atoms with E-state index in [0.29, 0.717) is 11.3 Å². The number of fused-ring (bicyclic) bond motifs is 1. The second kappa shape index (κ2) is 2.71. The second-order valence-electron chi connectivity index (χ2n) is 4.48. The van der Waals surface area contributed by atoms with E-state index < -0.39 is 17.8 Å². The summed E-state index contributed by atoms with van der Waals surface area (Å²) < 4.78 is 37.5. The van der Waals surface area contributed by atoms with E-state index >= 15 is 0 Å². The minimum atomic E-state index is -4.35. The SMILES string of the molecule is OC1c2cc(C(F)(F)F)ccc2NC12CC2. The van der Waals surface area contributed by atoms with E-state index in [4.69, 9.17) is 0 Å². The number of benzene rings is 1. The molecule has 5 heteroatoms. The van der Waals surface area contributed by atoms with Crippen molar-refractivity contribution in [2.24, 2.45) is 0 Å². The Kier molecular flexibility index (Phi) is 1.69. The van der Waals surface area contributed by atoms with Gasteiger partial charge in [0, 0.05) is 11.3 Å². The summed E-state index contributed by atoms with van der Waals surface area (Å²) in [5.74, 6) is 0. The molecule has 0 amide bonds. The summed E-state index contributed by atoms with van der Waals surface area (Å²) in [5, 5.41) is 13.0. The summed E-state index contributed by atoms with van der Waals surface area (Å²) in [4.78, 5) is 0. The average molecular weight is 229 g/mol. The number of aliphatic hydroxyl groups excluding tert-OH is 1. The lowest BCUT2D eigenvalue weighted by Gasteiger charge is -2.12. The highest BCUT2D eigenvalue weighted by atomic mass is 19.4. The number of hydrogen-bond donors (Lipinski definition) is 2. The number of halogens is 3. The number of rotatable bonds is 0. The zero-order valence-electron chi connectivity index (χ0n) is 8.30. The molecule has 0 bridgehead atoms. The van der Waals surface area contributed by atoms with E-state index in [0.717, 1.165) is 25.0 Å².